The Morgan fingerprint density at radius 1 is 0.889 bits per heavy atom. The summed E-state index contributed by atoms with van der Waals surface area (Å²) >= 11 is 4.39. The second-order valence-electron chi connectivity index (χ2n) is 4.98. The zero-order chi connectivity index (χ0) is 13.0. The van der Waals surface area contributed by atoms with E-state index in [0.717, 1.165) is 17.3 Å². The van der Waals surface area contributed by atoms with Gasteiger partial charge in [0.25, 0.3) is 0 Å². The van der Waals surface area contributed by atoms with Crippen LogP contribution in [0.2, 0.25) is 0 Å². The van der Waals surface area contributed by atoms with Gasteiger partial charge >= 0.3 is 0 Å². The fraction of sp³-hybridized carbons (Fsp3) is 0.250. The lowest BCUT2D eigenvalue weighted by molar-refractivity contribution is 0.481. The van der Waals surface area contributed by atoms with Gasteiger partial charge in [-0.3, -0.25) is 0 Å². The smallest absolute Gasteiger partial charge is 0.127 e. The number of rotatable bonds is 4. The van der Waals surface area contributed by atoms with E-state index in [-0.39, 0.29) is 5.41 Å². The molecule has 0 N–H and O–H groups in total. The van der Waals surface area contributed by atoms with Gasteiger partial charge in [-0.2, -0.15) is 12.6 Å². The molecule has 0 saturated heterocycles. The molecule has 1 nitrogen and oxygen atoms in total. The molecule has 0 aliphatic rings. The molecule has 0 heterocycles. The first-order chi connectivity index (χ1) is 8.62. The molecule has 0 amide bonds. The number of para-hydroxylation sites is 1. The topological polar surface area (TPSA) is 9.23 Å². The van der Waals surface area contributed by atoms with E-state index in [1.807, 2.05) is 42.5 Å². The molecule has 18 heavy (non-hydrogen) atoms. The standard InChI is InChI=1S/C16H18OS/c1-16(2,12-18)13-8-10-15(11-9-13)17-14-6-4-3-5-7-14/h3-11,18H,12H2,1-2H3. The summed E-state index contributed by atoms with van der Waals surface area (Å²) in [6.07, 6.45) is 0. The highest BCUT2D eigenvalue weighted by Gasteiger charge is 2.18. The molecule has 2 heteroatoms. The lowest BCUT2D eigenvalue weighted by Crippen LogP contribution is -2.18. The molecule has 94 valence electrons. The number of thiol groups is 1. The highest BCUT2D eigenvalue weighted by molar-refractivity contribution is 7.80. The fourth-order valence-electron chi connectivity index (χ4n) is 1.69. The SMILES string of the molecule is CC(C)(CS)c1ccc(Oc2ccccc2)cc1. The van der Waals surface area contributed by atoms with Crippen molar-refractivity contribution in [1.29, 1.82) is 0 Å². The van der Waals surface area contributed by atoms with Crippen LogP contribution in [0.25, 0.3) is 0 Å². The third-order valence-corrected chi connectivity index (χ3v) is 3.80. The Bertz CT molecular complexity index is 488. The van der Waals surface area contributed by atoms with Crippen LogP contribution in [0.3, 0.4) is 0 Å². The molecule has 0 saturated carbocycles. The van der Waals surface area contributed by atoms with Crippen molar-refractivity contribution in [2.75, 3.05) is 5.75 Å². The van der Waals surface area contributed by atoms with E-state index in [1.54, 1.807) is 0 Å². The molecule has 0 unspecified atom stereocenters. The lowest BCUT2D eigenvalue weighted by atomic mass is 9.87. The summed E-state index contributed by atoms with van der Waals surface area (Å²) in [5.74, 6) is 2.55. The monoisotopic (exact) mass is 258 g/mol. The predicted octanol–water partition coefficient (Wildman–Crippen LogP) is 4.69. The minimum atomic E-state index is 0.0917. The second kappa shape index (κ2) is 5.49. The maximum absolute atomic E-state index is 5.76. The third-order valence-electron chi connectivity index (χ3n) is 3.01. The zero-order valence-electron chi connectivity index (χ0n) is 10.8. The molecule has 2 aromatic rings. The number of ether oxygens (including phenoxy) is 1. The summed E-state index contributed by atoms with van der Waals surface area (Å²) in [7, 11) is 0. The van der Waals surface area contributed by atoms with E-state index in [0.29, 0.717) is 0 Å². The average molecular weight is 258 g/mol. The Labute approximate surface area is 114 Å². The summed E-state index contributed by atoms with van der Waals surface area (Å²) in [4.78, 5) is 0. The van der Waals surface area contributed by atoms with Crippen molar-refractivity contribution in [3.63, 3.8) is 0 Å². The summed E-state index contributed by atoms with van der Waals surface area (Å²) in [6.45, 7) is 4.38. The van der Waals surface area contributed by atoms with Gasteiger partial charge in [-0.05, 0) is 41.0 Å². The van der Waals surface area contributed by atoms with Crippen molar-refractivity contribution in [1.82, 2.24) is 0 Å². The van der Waals surface area contributed by atoms with Crippen LogP contribution >= 0.6 is 12.6 Å². The van der Waals surface area contributed by atoms with Crippen molar-refractivity contribution in [2.24, 2.45) is 0 Å². The van der Waals surface area contributed by atoms with Crippen LogP contribution in [0, 0.1) is 0 Å². The van der Waals surface area contributed by atoms with Crippen LogP contribution in [0.5, 0.6) is 11.5 Å². The molecule has 2 rings (SSSR count). The van der Waals surface area contributed by atoms with E-state index in [9.17, 15) is 0 Å². The largest absolute Gasteiger partial charge is 0.457 e. The van der Waals surface area contributed by atoms with E-state index in [4.69, 9.17) is 4.74 Å². The molecule has 2 aromatic carbocycles. The Balaban J connectivity index is 2.14. The lowest BCUT2D eigenvalue weighted by Gasteiger charge is -2.22. The van der Waals surface area contributed by atoms with E-state index < -0.39 is 0 Å². The predicted molar refractivity (Wildman–Crippen MR) is 79.8 cm³/mol. The first kappa shape index (κ1) is 13.0. The highest BCUT2D eigenvalue weighted by atomic mass is 32.1. The summed E-state index contributed by atoms with van der Waals surface area (Å²) in [5.41, 5.74) is 1.37. The molecular weight excluding hydrogens is 240 g/mol. The Hall–Kier alpha value is -1.41. The summed E-state index contributed by atoms with van der Waals surface area (Å²) in [5, 5.41) is 0. The maximum atomic E-state index is 5.76. The minimum absolute atomic E-state index is 0.0917. The molecular formula is C16H18OS. The highest BCUT2D eigenvalue weighted by Crippen LogP contribution is 2.28. The molecule has 0 aliphatic carbocycles. The maximum Gasteiger partial charge on any atom is 0.127 e. The molecule has 0 bridgehead atoms. The van der Waals surface area contributed by atoms with Crippen molar-refractivity contribution in [3.8, 4) is 11.5 Å². The van der Waals surface area contributed by atoms with E-state index in [1.165, 1.54) is 5.56 Å². The van der Waals surface area contributed by atoms with Crippen molar-refractivity contribution in [2.45, 2.75) is 19.3 Å². The van der Waals surface area contributed by atoms with Crippen LogP contribution in [0.15, 0.2) is 54.6 Å². The molecule has 0 fully saturated rings. The van der Waals surface area contributed by atoms with Crippen LogP contribution in [-0.4, -0.2) is 5.75 Å². The number of hydrogen-bond acceptors (Lipinski definition) is 2. The average Bonchev–Trinajstić information content (AvgIpc) is 2.40. The minimum Gasteiger partial charge on any atom is -0.457 e. The van der Waals surface area contributed by atoms with Gasteiger partial charge in [-0.25, -0.2) is 0 Å². The van der Waals surface area contributed by atoms with E-state index in [2.05, 4.69) is 38.6 Å². The molecule has 0 aliphatic heterocycles. The van der Waals surface area contributed by atoms with Crippen molar-refractivity contribution < 1.29 is 4.74 Å². The second-order valence-corrected chi connectivity index (χ2v) is 5.30. The Morgan fingerprint density at radius 3 is 2.00 bits per heavy atom. The summed E-state index contributed by atoms with van der Waals surface area (Å²) < 4.78 is 5.76. The van der Waals surface area contributed by atoms with Gasteiger partial charge in [0, 0.05) is 0 Å². The van der Waals surface area contributed by atoms with Crippen LogP contribution in [0.4, 0.5) is 0 Å². The van der Waals surface area contributed by atoms with E-state index >= 15 is 0 Å². The first-order valence-corrected chi connectivity index (χ1v) is 6.69. The Morgan fingerprint density at radius 2 is 1.44 bits per heavy atom. The first-order valence-electron chi connectivity index (χ1n) is 6.06. The van der Waals surface area contributed by atoms with Gasteiger partial charge in [-0.1, -0.05) is 44.2 Å². The van der Waals surface area contributed by atoms with Crippen LogP contribution in [0.1, 0.15) is 19.4 Å². The van der Waals surface area contributed by atoms with Crippen molar-refractivity contribution in [3.05, 3.63) is 60.2 Å². The summed E-state index contributed by atoms with van der Waals surface area (Å²) in [6, 6.07) is 18.0. The van der Waals surface area contributed by atoms with Gasteiger partial charge in [0.1, 0.15) is 11.5 Å². The van der Waals surface area contributed by atoms with Gasteiger partial charge < -0.3 is 4.74 Å². The van der Waals surface area contributed by atoms with Crippen molar-refractivity contribution >= 4 is 12.6 Å². The number of hydrogen-bond donors (Lipinski definition) is 1. The van der Waals surface area contributed by atoms with Gasteiger partial charge in [-0.15, -0.1) is 0 Å². The fourth-order valence-corrected chi connectivity index (χ4v) is 1.87. The third kappa shape index (κ3) is 3.08. The molecule has 0 atom stereocenters. The van der Waals surface area contributed by atoms with Crippen LogP contribution < -0.4 is 4.74 Å². The van der Waals surface area contributed by atoms with Gasteiger partial charge in [0.2, 0.25) is 0 Å². The van der Waals surface area contributed by atoms with Gasteiger partial charge in [0.05, 0.1) is 0 Å². The molecule has 0 aromatic heterocycles. The number of benzene rings is 2. The van der Waals surface area contributed by atoms with Gasteiger partial charge in [0.15, 0.2) is 0 Å². The zero-order valence-corrected chi connectivity index (χ0v) is 11.7. The molecule has 0 radical (unpaired) electrons. The van der Waals surface area contributed by atoms with Crippen LogP contribution in [-0.2, 0) is 5.41 Å². The normalized spacial score (nSPS) is 11.3. The quantitative estimate of drug-likeness (QED) is 0.783. The Kier molecular flexibility index (Phi) is 3.97. The molecule has 0 spiro atoms.